The highest BCUT2D eigenvalue weighted by Crippen LogP contribution is 2.36. The Labute approximate surface area is 119 Å². The summed E-state index contributed by atoms with van der Waals surface area (Å²) in [5.74, 6) is 3.56. The molecule has 1 aromatic rings. The summed E-state index contributed by atoms with van der Waals surface area (Å²) in [7, 11) is 0. The van der Waals surface area contributed by atoms with Gasteiger partial charge >= 0.3 is 0 Å². The first kappa shape index (κ1) is 14.3. The lowest BCUT2D eigenvalue weighted by atomic mass is 9.78. The average Bonchev–Trinajstić information content (AvgIpc) is 2.46. The number of benzene rings is 1. The molecule has 0 heterocycles. The molecule has 0 radical (unpaired) electrons. The molecule has 1 fully saturated rings. The zero-order chi connectivity index (χ0) is 14.5. The minimum atomic E-state index is -0.686. The van der Waals surface area contributed by atoms with E-state index in [9.17, 15) is 8.78 Å². The van der Waals surface area contributed by atoms with Crippen LogP contribution in [-0.2, 0) is 0 Å². The minimum absolute atomic E-state index is 0. The molecule has 0 amide bonds. The number of halogens is 2. The second kappa shape index (κ2) is 6.35. The number of hydrogen-bond acceptors (Lipinski definition) is 1. The standard InChI is InChI=1S/C17H15F2N.H2/c1-2-12-5-7-13(8-6-12)14-10-16(18)15(4-3-9-20)17(19)11-14;/h2,10-13H,1,5-8H2;1H. The Morgan fingerprint density at radius 3 is 2.30 bits per heavy atom. The normalized spacial score (nSPS) is 21.4. The fourth-order valence-electron chi connectivity index (χ4n) is 2.73. The molecule has 1 aliphatic carbocycles. The van der Waals surface area contributed by atoms with E-state index < -0.39 is 11.6 Å². The van der Waals surface area contributed by atoms with Crippen LogP contribution in [0.1, 0.15) is 44.2 Å². The van der Waals surface area contributed by atoms with Gasteiger partial charge in [-0.25, -0.2) is 8.78 Å². The highest BCUT2D eigenvalue weighted by Gasteiger charge is 2.22. The largest absolute Gasteiger partial charge is 0.206 e. The van der Waals surface area contributed by atoms with Crippen LogP contribution in [0.15, 0.2) is 24.8 Å². The Bertz CT molecular complexity index is 591. The van der Waals surface area contributed by atoms with Crippen LogP contribution < -0.4 is 0 Å². The lowest BCUT2D eigenvalue weighted by molar-refractivity contribution is 0.374. The van der Waals surface area contributed by atoms with Gasteiger partial charge in [0.1, 0.15) is 11.6 Å². The smallest absolute Gasteiger partial charge is 0.152 e. The first-order chi connectivity index (χ1) is 9.65. The predicted octanol–water partition coefficient (Wildman–Crippen LogP) is 4.55. The molecule has 0 atom stereocenters. The second-order valence-electron chi connectivity index (χ2n) is 5.07. The van der Waals surface area contributed by atoms with Crippen molar-refractivity contribution in [1.82, 2.24) is 0 Å². The predicted molar refractivity (Wildman–Crippen MR) is 75.9 cm³/mol. The molecule has 2 rings (SSSR count). The number of hydrogen-bond donors (Lipinski definition) is 0. The van der Waals surface area contributed by atoms with Crippen LogP contribution in [0, 0.1) is 40.7 Å². The lowest BCUT2D eigenvalue weighted by Crippen LogP contribution is -2.12. The molecule has 1 aliphatic rings. The van der Waals surface area contributed by atoms with Gasteiger partial charge in [0.25, 0.3) is 0 Å². The van der Waals surface area contributed by atoms with Gasteiger partial charge in [0.05, 0.1) is 5.56 Å². The molecule has 0 spiro atoms. The van der Waals surface area contributed by atoms with Crippen molar-refractivity contribution in [2.45, 2.75) is 31.6 Å². The van der Waals surface area contributed by atoms with Crippen molar-refractivity contribution in [3.05, 3.63) is 47.5 Å². The van der Waals surface area contributed by atoms with Crippen molar-refractivity contribution in [2.24, 2.45) is 5.92 Å². The Balaban J connectivity index is 0.00000220. The van der Waals surface area contributed by atoms with Gasteiger partial charge in [-0.15, -0.1) is 6.58 Å². The molecule has 0 N–H and O–H groups in total. The number of nitriles is 1. The molecule has 0 unspecified atom stereocenters. The van der Waals surface area contributed by atoms with Gasteiger partial charge in [-0.3, -0.25) is 0 Å². The molecule has 1 saturated carbocycles. The monoisotopic (exact) mass is 273 g/mol. The third-order valence-electron chi connectivity index (χ3n) is 3.88. The van der Waals surface area contributed by atoms with Crippen LogP contribution in [0.4, 0.5) is 8.78 Å². The Kier molecular flexibility index (Phi) is 4.53. The summed E-state index contributed by atoms with van der Waals surface area (Å²) >= 11 is 0. The Morgan fingerprint density at radius 2 is 1.80 bits per heavy atom. The van der Waals surface area contributed by atoms with Gasteiger partial charge < -0.3 is 0 Å². The Hall–Kier alpha value is -2.13. The van der Waals surface area contributed by atoms with E-state index in [1.807, 2.05) is 12.0 Å². The van der Waals surface area contributed by atoms with Gasteiger partial charge in [-0.05, 0) is 61.1 Å². The van der Waals surface area contributed by atoms with Gasteiger partial charge in [0, 0.05) is 7.35 Å². The first-order valence-electron chi connectivity index (χ1n) is 6.67. The average molecular weight is 273 g/mol. The van der Waals surface area contributed by atoms with E-state index in [1.54, 1.807) is 6.07 Å². The van der Waals surface area contributed by atoms with Crippen molar-refractivity contribution in [3.8, 4) is 17.9 Å². The van der Waals surface area contributed by atoms with Crippen molar-refractivity contribution in [3.63, 3.8) is 0 Å². The molecule has 20 heavy (non-hydrogen) atoms. The summed E-state index contributed by atoms with van der Waals surface area (Å²) < 4.78 is 27.7. The third kappa shape index (κ3) is 3.06. The van der Waals surface area contributed by atoms with Crippen LogP contribution in [0.3, 0.4) is 0 Å². The molecule has 3 heteroatoms. The minimum Gasteiger partial charge on any atom is -0.206 e. The van der Waals surface area contributed by atoms with E-state index in [4.69, 9.17) is 5.26 Å². The molecule has 0 aliphatic heterocycles. The fraction of sp³-hybridized carbons (Fsp3) is 0.353. The summed E-state index contributed by atoms with van der Waals surface area (Å²) in [6.45, 7) is 3.79. The van der Waals surface area contributed by atoms with Gasteiger partial charge in [0.2, 0.25) is 0 Å². The zero-order valence-corrected chi connectivity index (χ0v) is 11.1. The van der Waals surface area contributed by atoms with E-state index in [0.29, 0.717) is 11.5 Å². The molecule has 0 bridgehead atoms. The van der Waals surface area contributed by atoms with Crippen LogP contribution in [0.5, 0.6) is 0 Å². The van der Waals surface area contributed by atoms with Crippen molar-refractivity contribution < 1.29 is 10.2 Å². The first-order valence-corrected chi connectivity index (χ1v) is 6.67. The quantitative estimate of drug-likeness (QED) is 0.573. The number of nitrogens with zero attached hydrogens (tertiary/aromatic N) is 1. The lowest BCUT2D eigenvalue weighted by Gasteiger charge is -2.27. The summed E-state index contributed by atoms with van der Waals surface area (Å²) in [5.41, 5.74) is 0.361. The molecule has 0 aromatic heterocycles. The van der Waals surface area contributed by atoms with Gasteiger partial charge in [0.15, 0.2) is 6.07 Å². The maximum Gasteiger partial charge on any atom is 0.152 e. The molecule has 0 saturated heterocycles. The molecule has 1 aromatic carbocycles. The van der Waals surface area contributed by atoms with Crippen LogP contribution in [0.25, 0.3) is 0 Å². The Morgan fingerprint density at radius 1 is 1.20 bits per heavy atom. The maximum absolute atomic E-state index is 13.9. The maximum atomic E-state index is 13.9. The molecular formula is C17H17F2N. The van der Waals surface area contributed by atoms with E-state index in [2.05, 4.69) is 12.5 Å². The van der Waals surface area contributed by atoms with Crippen molar-refractivity contribution in [2.75, 3.05) is 0 Å². The number of rotatable bonds is 2. The van der Waals surface area contributed by atoms with Crippen molar-refractivity contribution in [1.29, 1.82) is 5.26 Å². The van der Waals surface area contributed by atoms with E-state index in [0.717, 1.165) is 25.7 Å². The topological polar surface area (TPSA) is 23.8 Å². The molecular weight excluding hydrogens is 256 g/mol. The highest BCUT2D eigenvalue weighted by atomic mass is 19.1. The van der Waals surface area contributed by atoms with E-state index in [-0.39, 0.29) is 12.9 Å². The van der Waals surface area contributed by atoms with Crippen LogP contribution in [-0.4, -0.2) is 0 Å². The van der Waals surface area contributed by atoms with Crippen LogP contribution in [0.2, 0.25) is 0 Å². The molecule has 104 valence electrons. The van der Waals surface area contributed by atoms with Gasteiger partial charge in [-0.1, -0.05) is 6.08 Å². The van der Waals surface area contributed by atoms with Crippen LogP contribution >= 0.6 is 0 Å². The molecule has 1 nitrogen and oxygen atoms in total. The zero-order valence-electron chi connectivity index (χ0n) is 11.1. The highest BCUT2D eigenvalue weighted by molar-refractivity contribution is 5.42. The SMILES string of the molecule is C=CC1CCC(c2cc(F)c(C#CC#N)c(F)c2)CC1.[HH]. The summed E-state index contributed by atoms with van der Waals surface area (Å²) in [6, 6.07) is 4.26. The third-order valence-corrected chi connectivity index (χ3v) is 3.88. The summed E-state index contributed by atoms with van der Waals surface area (Å²) in [6.07, 6.45) is 5.80. The summed E-state index contributed by atoms with van der Waals surface area (Å²) in [4.78, 5) is 0. The van der Waals surface area contributed by atoms with Gasteiger partial charge in [-0.2, -0.15) is 5.26 Å². The summed E-state index contributed by atoms with van der Waals surface area (Å²) in [5, 5.41) is 8.34. The van der Waals surface area contributed by atoms with E-state index in [1.165, 1.54) is 12.1 Å². The number of allylic oxidation sites excluding steroid dienone is 1. The van der Waals surface area contributed by atoms with Crippen molar-refractivity contribution >= 4 is 0 Å². The fourth-order valence-corrected chi connectivity index (χ4v) is 2.73. The van der Waals surface area contributed by atoms with E-state index >= 15 is 0 Å². The second-order valence-corrected chi connectivity index (χ2v) is 5.07.